The average molecular weight is 581 g/mol. The Labute approximate surface area is 240 Å². The maximum atomic E-state index is 13.7. The van der Waals surface area contributed by atoms with Gasteiger partial charge < -0.3 is 15.3 Å². The first-order valence-electron chi connectivity index (χ1n) is 13.4. The lowest BCUT2D eigenvalue weighted by molar-refractivity contribution is -0.117. The molecular formula is C30H36N4O6S. The molecule has 4 rings (SSSR count). The van der Waals surface area contributed by atoms with Gasteiger partial charge in [0.15, 0.2) is 0 Å². The van der Waals surface area contributed by atoms with Crippen molar-refractivity contribution in [2.24, 2.45) is 5.92 Å². The summed E-state index contributed by atoms with van der Waals surface area (Å²) in [5.74, 6) is -1.17. The van der Waals surface area contributed by atoms with Crippen molar-refractivity contribution in [3.05, 3.63) is 89.5 Å². The van der Waals surface area contributed by atoms with Gasteiger partial charge in [-0.05, 0) is 65.9 Å². The second-order valence-corrected chi connectivity index (χ2v) is 12.6. The molecule has 2 amide bonds. The molecule has 3 aromatic carbocycles. The molecule has 3 aromatic rings. The first-order chi connectivity index (χ1) is 19.5. The molecule has 0 aliphatic carbocycles. The molecule has 1 heterocycles. The molecule has 1 aliphatic heterocycles. The van der Waals surface area contributed by atoms with E-state index in [4.69, 9.17) is 5.21 Å². The molecule has 11 heteroatoms. The third-order valence-corrected chi connectivity index (χ3v) is 8.82. The number of nitrogens with zero attached hydrogens (tertiary/aromatic N) is 2. The number of nitrogens with one attached hydrogen (secondary N) is 2. The van der Waals surface area contributed by atoms with E-state index in [0.717, 1.165) is 16.8 Å². The van der Waals surface area contributed by atoms with E-state index in [9.17, 15) is 23.1 Å². The summed E-state index contributed by atoms with van der Waals surface area (Å²) in [4.78, 5) is 27.0. The number of carbonyl (C=O) groups excluding carboxylic acids is 2. The highest BCUT2D eigenvalue weighted by Gasteiger charge is 2.32. The quantitative estimate of drug-likeness (QED) is 0.241. The Morgan fingerprint density at radius 1 is 1.05 bits per heavy atom. The number of anilines is 3. The second kappa shape index (κ2) is 12.7. The molecule has 2 atom stereocenters. The SMILES string of the molecule is CC(C)CN(c1ccc(NO)cc1)S(=O)(=O)CC(O)C(Cc1ccccc1)NC(=O)c1ccc2c(c1)CC(=O)N2C. The van der Waals surface area contributed by atoms with Crippen molar-refractivity contribution >= 4 is 38.9 Å². The Kier molecular flexibility index (Phi) is 9.31. The van der Waals surface area contributed by atoms with Crippen LogP contribution in [-0.4, -0.2) is 62.0 Å². The van der Waals surface area contributed by atoms with Gasteiger partial charge in [0.2, 0.25) is 15.9 Å². The number of fused-ring (bicyclic) bond motifs is 1. The molecule has 10 nitrogen and oxygen atoms in total. The highest BCUT2D eigenvalue weighted by Crippen LogP contribution is 2.28. The van der Waals surface area contributed by atoms with Crippen molar-refractivity contribution in [1.29, 1.82) is 0 Å². The van der Waals surface area contributed by atoms with Crippen LogP contribution in [0.5, 0.6) is 0 Å². The lowest BCUT2D eigenvalue weighted by atomic mass is 10.0. The van der Waals surface area contributed by atoms with Crippen molar-refractivity contribution in [3.8, 4) is 0 Å². The van der Waals surface area contributed by atoms with Crippen molar-refractivity contribution < 1.29 is 28.3 Å². The predicted octanol–water partition coefficient (Wildman–Crippen LogP) is 3.20. The number of amides is 2. The van der Waals surface area contributed by atoms with Crippen LogP contribution in [0.2, 0.25) is 0 Å². The topological polar surface area (TPSA) is 139 Å². The summed E-state index contributed by atoms with van der Waals surface area (Å²) in [6, 6.07) is 19.5. The number of aliphatic hydroxyl groups excluding tert-OH is 1. The summed E-state index contributed by atoms with van der Waals surface area (Å²) >= 11 is 0. The largest absolute Gasteiger partial charge is 0.390 e. The van der Waals surface area contributed by atoms with Crippen LogP contribution >= 0.6 is 0 Å². The van der Waals surface area contributed by atoms with Gasteiger partial charge in [-0.2, -0.15) is 0 Å². The van der Waals surface area contributed by atoms with Crippen molar-refractivity contribution in [2.75, 3.05) is 34.0 Å². The standard InChI is InChI=1S/C30H36N4O6S/c1-20(2)18-34(25-12-10-24(32-38)11-13-25)41(39,40)19-28(35)26(15-21-7-5-4-6-8-21)31-30(37)22-9-14-27-23(16-22)17-29(36)33(27)3/h4-14,16,20,26,28,32,35,38H,15,17-19H2,1-3H3,(H,31,37). The molecule has 2 unspecified atom stereocenters. The van der Waals surface area contributed by atoms with Gasteiger partial charge in [0.25, 0.3) is 5.91 Å². The summed E-state index contributed by atoms with van der Waals surface area (Å²) in [7, 11) is -2.36. The summed E-state index contributed by atoms with van der Waals surface area (Å²) in [5, 5.41) is 23.3. The lowest BCUT2D eigenvalue weighted by Crippen LogP contribution is -2.50. The third-order valence-electron chi connectivity index (χ3n) is 7.03. The van der Waals surface area contributed by atoms with Crippen LogP contribution in [0, 0.1) is 5.92 Å². The molecule has 4 N–H and O–H groups in total. The third kappa shape index (κ3) is 7.24. The van der Waals surface area contributed by atoms with E-state index in [-0.39, 0.29) is 31.2 Å². The van der Waals surface area contributed by atoms with Crippen LogP contribution in [0.15, 0.2) is 72.8 Å². The number of hydrogen-bond acceptors (Lipinski definition) is 7. The van der Waals surface area contributed by atoms with Crippen LogP contribution < -0.4 is 20.0 Å². The second-order valence-electron chi connectivity index (χ2n) is 10.7. The normalized spacial score (nSPS) is 14.5. The van der Waals surface area contributed by atoms with Crippen LogP contribution in [0.4, 0.5) is 17.1 Å². The molecular weight excluding hydrogens is 544 g/mol. The number of benzene rings is 3. The zero-order chi connectivity index (χ0) is 29.7. The fourth-order valence-electron chi connectivity index (χ4n) is 4.85. The van der Waals surface area contributed by atoms with E-state index in [2.05, 4.69) is 5.32 Å². The summed E-state index contributed by atoms with van der Waals surface area (Å²) in [5.41, 5.74) is 5.44. The molecule has 0 aromatic heterocycles. The Hall–Kier alpha value is -3.93. The number of likely N-dealkylation sites (N-methyl/N-ethyl adjacent to an activating group) is 1. The Balaban J connectivity index is 1.58. The molecule has 0 saturated carbocycles. The molecule has 218 valence electrons. The van der Waals surface area contributed by atoms with Gasteiger partial charge in [-0.15, -0.1) is 0 Å². The number of hydrogen-bond donors (Lipinski definition) is 4. The minimum Gasteiger partial charge on any atom is -0.390 e. The van der Waals surface area contributed by atoms with Gasteiger partial charge in [-0.3, -0.25) is 24.6 Å². The molecule has 0 radical (unpaired) electrons. The minimum absolute atomic E-state index is 0.0110. The highest BCUT2D eigenvalue weighted by molar-refractivity contribution is 7.92. The predicted molar refractivity (Wildman–Crippen MR) is 159 cm³/mol. The Bertz CT molecular complexity index is 1480. The number of rotatable bonds is 12. The van der Waals surface area contributed by atoms with Gasteiger partial charge >= 0.3 is 0 Å². The fourth-order valence-corrected chi connectivity index (χ4v) is 6.66. The van der Waals surface area contributed by atoms with Crippen LogP contribution in [0.3, 0.4) is 0 Å². The Morgan fingerprint density at radius 3 is 2.37 bits per heavy atom. The summed E-state index contributed by atoms with van der Waals surface area (Å²) in [6.07, 6.45) is -1.03. The Morgan fingerprint density at radius 2 is 1.73 bits per heavy atom. The van der Waals surface area contributed by atoms with Crippen LogP contribution in [0.1, 0.15) is 35.3 Å². The lowest BCUT2D eigenvalue weighted by Gasteiger charge is -2.30. The maximum Gasteiger partial charge on any atom is 0.251 e. The zero-order valence-electron chi connectivity index (χ0n) is 23.3. The summed E-state index contributed by atoms with van der Waals surface area (Å²) in [6.45, 7) is 3.96. The van der Waals surface area contributed by atoms with E-state index in [1.807, 2.05) is 49.7 Å². The first kappa shape index (κ1) is 30.0. The monoisotopic (exact) mass is 580 g/mol. The molecule has 0 saturated heterocycles. The van der Waals surface area contributed by atoms with E-state index in [1.165, 1.54) is 4.31 Å². The number of carbonyl (C=O) groups is 2. The van der Waals surface area contributed by atoms with E-state index in [0.29, 0.717) is 16.9 Å². The van der Waals surface area contributed by atoms with E-state index >= 15 is 0 Å². The molecule has 0 fully saturated rings. The molecule has 0 bridgehead atoms. The molecule has 41 heavy (non-hydrogen) atoms. The maximum absolute atomic E-state index is 13.7. The fraction of sp³-hybridized carbons (Fsp3) is 0.333. The van der Waals surface area contributed by atoms with E-state index < -0.39 is 33.8 Å². The van der Waals surface area contributed by atoms with Crippen molar-refractivity contribution in [1.82, 2.24) is 5.32 Å². The average Bonchev–Trinajstić information content (AvgIpc) is 3.23. The zero-order valence-corrected chi connectivity index (χ0v) is 24.1. The highest BCUT2D eigenvalue weighted by atomic mass is 32.2. The van der Waals surface area contributed by atoms with Gasteiger partial charge in [0.1, 0.15) is 0 Å². The van der Waals surface area contributed by atoms with Crippen molar-refractivity contribution in [2.45, 2.75) is 38.8 Å². The smallest absolute Gasteiger partial charge is 0.251 e. The summed E-state index contributed by atoms with van der Waals surface area (Å²) < 4.78 is 28.6. The molecule has 1 aliphatic rings. The minimum atomic E-state index is -4.04. The van der Waals surface area contributed by atoms with Crippen molar-refractivity contribution in [3.63, 3.8) is 0 Å². The van der Waals surface area contributed by atoms with Crippen LogP contribution in [-0.2, 0) is 27.7 Å². The van der Waals surface area contributed by atoms with E-state index in [1.54, 1.807) is 54.4 Å². The number of aliphatic hydroxyl groups is 1. The first-order valence-corrected chi connectivity index (χ1v) is 15.0. The van der Waals surface area contributed by atoms with Gasteiger partial charge in [-0.25, -0.2) is 8.42 Å². The van der Waals surface area contributed by atoms with Crippen LogP contribution in [0.25, 0.3) is 0 Å². The van der Waals surface area contributed by atoms with Gasteiger partial charge in [0.05, 0.1) is 35.7 Å². The van der Waals surface area contributed by atoms with Gasteiger partial charge in [0, 0.05) is 24.8 Å². The number of sulfonamides is 1. The molecule has 0 spiro atoms. The van der Waals surface area contributed by atoms with Gasteiger partial charge in [-0.1, -0.05) is 44.2 Å².